The third-order valence-corrected chi connectivity index (χ3v) is 5.00. The molecular weight excluding hydrogens is 304 g/mol. The van der Waals surface area contributed by atoms with Crippen LogP contribution in [0.3, 0.4) is 0 Å². The summed E-state index contributed by atoms with van der Waals surface area (Å²) in [5.41, 5.74) is 4.76. The van der Waals surface area contributed by atoms with Gasteiger partial charge in [0, 0.05) is 19.4 Å². The Balaban J connectivity index is 1.69. The number of alkyl carbamates (subject to hydrolysis) is 1. The normalized spacial score (nSPS) is 26.3. The van der Waals surface area contributed by atoms with Crippen LogP contribution in [0.1, 0.15) is 53.4 Å². The van der Waals surface area contributed by atoms with Gasteiger partial charge in [0.1, 0.15) is 0 Å². The van der Waals surface area contributed by atoms with Crippen LogP contribution < -0.4 is 11.1 Å². The molecule has 0 aromatic rings. The predicted octanol–water partition coefficient (Wildman–Crippen LogP) is 2.68. The Morgan fingerprint density at radius 1 is 1.17 bits per heavy atom. The van der Waals surface area contributed by atoms with Crippen molar-refractivity contribution in [2.45, 2.75) is 64.5 Å². The zero-order valence-corrected chi connectivity index (χ0v) is 15.5. The molecule has 2 rings (SSSR count). The van der Waals surface area contributed by atoms with Gasteiger partial charge in [-0.25, -0.2) is 4.79 Å². The van der Waals surface area contributed by atoms with Gasteiger partial charge in [0.15, 0.2) is 0 Å². The van der Waals surface area contributed by atoms with Gasteiger partial charge in [-0.15, -0.1) is 11.8 Å². The van der Waals surface area contributed by atoms with Crippen molar-refractivity contribution in [3.8, 4) is 11.8 Å². The van der Waals surface area contributed by atoms with Crippen molar-refractivity contribution in [2.24, 2.45) is 23.5 Å². The Hall–Kier alpha value is -1.25. The smallest absolute Gasteiger partial charge is 0.407 e. The number of ether oxygens (including phenoxy) is 2. The highest BCUT2D eigenvalue weighted by Gasteiger charge is 2.49. The fourth-order valence-corrected chi connectivity index (χ4v) is 3.24. The SMILES string of the molecule is CC(C)(COC(C)(C)CN)NC(=O)OCC1C2CCC#CCCC21. The molecule has 2 unspecified atom stereocenters. The molecule has 0 heterocycles. The van der Waals surface area contributed by atoms with E-state index < -0.39 is 11.1 Å². The number of hydrogen-bond donors (Lipinski definition) is 2. The molecule has 3 N–H and O–H groups in total. The molecule has 2 aliphatic carbocycles. The standard InChI is InChI=1S/C19H32N2O3/c1-18(2,13-24-19(3,4)12-20)21-17(22)23-11-16-14-9-7-5-6-8-10-15(14)16/h14-16H,7-13,20H2,1-4H3,(H,21,22). The van der Waals surface area contributed by atoms with Gasteiger partial charge in [0.05, 0.1) is 24.4 Å². The molecule has 0 aromatic heterocycles. The monoisotopic (exact) mass is 336 g/mol. The minimum Gasteiger partial charge on any atom is -0.449 e. The minimum absolute atomic E-state index is 0.371. The molecule has 1 saturated carbocycles. The first kappa shape index (κ1) is 19.1. The van der Waals surface area contributed by atoms with Crippen molar-refractivity contribution in [2.75, 3.05) is 19.8 Å². The Morgan fingerprint density at radius 3 is 2.29 bits per heavy atom. The Kier molecular flexibility index (Phi) is 6.17. The van der Waals surface area contributed by atoms with Gasteiger partial charge < -0.3 is 20.5 Å². The van der Waals surface area contributed by atoms with E-state index in [1.54, 1.807) is 0 Å². The van der Waals surface area contributed by atoms with Crippen LogP contribution in [0.25, 0.3) is 0 Å². The molecule has 0 aromatic carbocycles. The molecule has 1 fully saturated rings. The highest BCUT2D eigenvalue weighted by molar-refractivity contribution is 5.68. The van der Waals surface area contributed by atoms with Crippen molar-refractivity contribution in [3.63, 3.8) is 0 Å². The summed E-state index contributed by atoms with van der Waals surface area (Å²) in [6.45, 7) is 9.04. The van der Waals surface area contributed by atoms with Crippen LogP contribution in [0.2, 0.25) is 0 Å². The van der Waals surface area contributed by atoms with Crippen LogP contribution in [0.15, 0.2) is 0 Å². The van der Waals surface area contributed by atoms with E-state index in [1.807, 2.05) is 27.7 Å². The first-order chi connectivity index (χ1) is 11.2. The van der Waals surface area contributed by atoms with Gasteiger partial charge in [-0.05, 0) is 58.3 Å². The molecule has 5 nitrogen and oxygen atoms in total. The summed E-state index contributed by atoms with van der Waals surface area (Å²) in [5, 5.41) is 2.89. The van der Waals surface area contributed by atoms with E-state index in [2.05, 4.69) is 17.2 Å². The Labute approximate surface area is 146 Å². The number of rotatable bonds is 7. The van der Waals surface area contributed by atoms with Crippen LogP contribution in [-0.4, -0.2) is 37.0 Å². The largest absolute Gasteiger partial charge is 0.449 e. The molecule has 0 bridgehead atoms. The lowest BCUT2D eigenvalue weighted by atomic mass is 10.1. The average Bonchev–Trinajstić information content (AvgIpc) is 3.13. The van der Waals surface area contributed by atoms with Crippen LogP contribution in [0.5, 0.6) is 0 Å². The molecule has 1 amide bonds. The van der Waals surface area contributed by atoms with Crippen LogP contribution in [0, 0.1) is 29.6 Å². The van der Waals surface area contributed by atoms with Crippen molar-refractivity contribution in [3.05, 3.63) is 0 Å². The van der Waals surface area contributed by atoms with E-state index in [0.29, 0.717) is 37.5 Å². The first-order valence-electron chi connectivity index (χ1n) is 8.99. The number of carbonyl (C=O) groups excluding carboxylic acids is 1. The maximum absolute atomic E-state index is 12.1. The highest BCUT2D eigenvalue weighted by Crippen LogP contribution is 2.52. The van der Waals surface area contributed by atoms with E-state index in [9.17, 15) is 4.79 Å². The Morgan fingerprint density at radius 2 is 1.75 bits per heavy atom. The summed E-state index contributed by atoms with van der Waals surface area (Å²) >= 11 is 0. The number of nitrogens with one attached hydrogen (secondary N) is 1. The predicted molar refractivity (Wildman–Crippen MR) is 94.4 cm³/mol. The van der Waals surface area contributed by atoms with Crippen molar-refractivity contribution < 1.29 is 14.3 Å². The third kappa shape index (κ3) is 5.68. The number of fused-ring (bicyclic) bond motifs is 1. The van der Waals surface area contributed by atoms with Gasteiger partial charge >= 0.3 is 6.09 Å². The second-order valence-electron chi connectivity index (χ2n) is 8.28. The molecule has 0 saturated heterocycles. The molecule has 2 atom stereocenters. The lowest BCUT2D eigenvalue weighted by molar-refractivity contribution is -0.0360. The Bertz CT molecular complexity index is 486. The molecule has 0 radical (unpaired) electrons. The lowest BCUT2D eigenvalue weighted by Gasteiger charge is -2.31. The minimum atomic E-state index is -0.497. The summed E-state index contributed by atoms with van der Waals surface area (Å²) in [4.78, 5) is 12.1. The van der Waals surface area contributed by atoms with E-state index in [0.717, 1.165) is 25.7 Å². The van der Waals surface area contributed by atoms with E-state index in [1.165, 1.54) is 0 Å². The van der Waals surface area contributed by atoms with Gasteiger partial charge in [-0.2, -0.15) is 0 Å². The van der Waals surface area contributed by atoms with Crippen LogP contribution in [-0.2, 0) is 9.47 Å². The fourth-order valence-electron chi connectivity index (χ4n) is 3.24. The molecule has 2 aliphatic rings. The maximum Gasteiger partial charge on any atom is 0.407 e. The summed E-state index contributed by atoms with van der Waals surface area (Å²) in [7, 11) is 0. The van der Waals surface area contributed by atoms with E-state index in [-0.39, 0.29) is 6.09 Å². The van der Waals surface area contributed by atoms with Gasteiger partial charge in [0.25, 0.3) is 0 Å². The zero-order chi connectivity index (χ0) is 17.8. The van der Waals surface area contributed by atoms with Crippen LogP contribution >= 0.6 is 0 Å². The average molecular weight is 336 g/mol. The summed E-state index contributed by atoms with van der Waals surface area (Å²) in [6, 6.07) is 0. The summed E-state index contributed by atoms with van der Waals surface area (Å²) < 4.78 is 11.2. The lowest BCUT2D eigenvalue weighted by Crippen LogP contribution is -2.50. The number of carbonyl (C=O) groups is 1. The molecule has 0 aliphatic heterocycles. The van der Waals surface area contributed by atoms with Crippen molar-refractivity contribution >= 4 is 6.09 Å². The third-order valence-electron chi connectivity index (χ3n) is 5.00. The molecule has 136 valence electrons. The number of hydrogen-bond acceptors (Lipinski definition) is 4. The van der Waals surface area contributed by atoms with Crippen molar-refractivity contribution in [1.29, 1.82) is 0 Å². The fraction of sp³-hybridized carbons (Fsp3) is 0.842. The molecular formula is C19H32N2O3. The van der Waals surface area contributed by atoms with Gasteiger partial charge in [-0.3, -0.25) is 0 Å². The quantitative estimate of drug-likeness (QED) is 0.701. The summed E-state index contributed by atoms with van der Waals surface area (Å²) in [5.74, 6) is 8.28. The maximum atomic E-state index is 12.1. The zero-order valence-electron chi connectivity index (χ0n) is 15.5. The molecule has 5 heteroatoms. The number of amides is 1. The van der Waals surface area contributed by atoms with Crippen molar-refractivity contribution in [1.82, 2.24) is 5.32 Å². The first-order valence-corrected chi connectivity index (χ1v) is 8.99. The highest BCUT2D eigenvalue weighted by atomic mass is 16.6. The summed E-state index contributed by atoms with van der Waals surface area (Å²) in [6.07, 6.45) is 3.86. The second-order valence-corrected chi connectivity index (χ2v) is 8.28. The van der Waals surface area contributed by atoms with E-state index in [4.69, 9.17) is 15.2 Å². The topological polar surface area (TPSA) is 73.6 Å². The second kappa shape index (κ2) is 7.76. The van der Waals surface area contributed by atoms with E-state index >= 15 is 0 Å². The molecule has 24 heavy (non-hydrogen) atoms. The van der Waals surface area contributed by atoms with Gasteiger partial charge in [-0.1, -0.05) is 0 Å². The van der Waals surface area contributed by atoms with Crippen LogP contribution in [0.4, 0.5) is 4.79 Å². The number of nitrogens with two attached hydrogens (primary N) is 1. The van der Waals surface area contributed by atoms with Gasteiger partial charge in [0.2, 0.25) is 0 Å². The molecule has 0 spiro atoms.